The van der Waals surface area contributed by atoms with Crippen LogP contribution in [0.1, 0.15) is 39.0 Å². The molecule has 1 fully saturated rings. The lowest BCUT2D eigenvalue weighted by atomic mass is 9.78. The molecule has 0 bridgehead atoms. The summed E-state index contributed by atoms with van der Waals surface area (Å²) in [5.74, 6) is 1.34. The minimum atomic E-state index is -0.671. The molecule has 0 aromatic carbocycles. The number of aliphatic hydroxyl groups is 1. The van der Waals surface area contributed by atoms with Crippen LogP contribution in [0.5, 0.6) is 0 Å². The van der Waals surface area contributed by atoms with Crippen LogP contribution in [0, 0.1) is 5.92 Å². The summed E-state index contributed by atoms with van der Waals surface area (Å²) in [6.07, 6.45) is 6.56. The fourth-order valence-electron chi connectivity index (χ4n) is 2.98. The number of nitrogens with zero attached hydrogens (tertiary/aromatic N) is 3. The van der Waals surface area contributed by atoms with Gasteiger partial charge in [0.25, 0.3) is 0 Å². The smallest absolute Gasteiger partial charge is 0.226 e. The molecule has 3 N–H and O–H groups in total. The molecule has 0 amide bonds. The summed E-state index contributed by atoms with van der Waals surface area (Å²) < 4.78 is 0. The summed E-state index contributed by atoms with van der Waals surface area (Å²) in [6.45, 7) is 2.68. The number of halogens is 1. The lowest BCUT2D eigenvalue weighted by Gasteiger charge is -2.36. The van der Waals surface area contributed by atoms with Gasteiger partial charge in [-0.2, -0.15) is 9.97 Å². The van der Waals surface area contributed by atoms with Crippen LogP contribution in [-0.2, 0) is 0 Å². The summed E-state index contributed by atoms with van der Waals surface area (Å²) in [7, 11) is 0. The van der Waals surface area contributed by atoms with Crippen molar-refractivity contribution in [2.75, 3.05) is 11.9 Å². The molecule has 21 heavy (non-hydrogen) atoms. The van der Waals surface area contributed by atoms with Gasteiger partial charge in [-0.1, -0.05) is 13.3 Å². The first kappa shape index (κ1) is 14.5. The van der Waals surface area contributed by atoms with Gasteiger partial charge in [0, 0.05) is 6.54 Å². The van der Waals surface area contributed by atoms with E-state index < -0.39 is 5.60 Å². The van der Waals surface area contributed by atoms with Crippen LogP contribution in [0.25, 0.3) is 11.2 Å². The van der Waals surface area contributed by atoms with Gasteiger partial charge >= 0.3 is 0 Å². The zero-order valence-electron chi connectivity index (χ0n) is 12.1. The Bertz CT molecular complexity index is 621. The summed E-state index contributed by atoms with van der Waals surface area (Å²) >= 11 is 5.90. The molecule has 3 rings (SSSR count). The fraction of sp³-hybridized carbons (Fsp3) is 0.643. The van der Waals surface area contributed by atoms with Crippen molar-refractivity contribution in [2.24, 2.45) is 5.92 Å². The van der Waals surface area contributed by atoms with E-state index in [1.54, 1.807) is 6.33 Å². The lowest BCUT2D eigenvalue weighted by Crippen LogP contribution is -2.40. The van der Waals surface area contributed by atoms with Gasteiger partial charge in [0.1, 0.15) is 5.52 Å². The highest BCUT2D eigenvalue weighted by atomic mass is 35.5. The van der Waals surface area contributed by atoms with Gasteiger partial charge in [0.15, 0.2) is 11.5 Å². The maximum Gasteiger partial charge on any atom is 0.226 e. The molecule has 0 unspecified atom stereocenters. The Kier molecular flexibility index (Phi) is 3.99. The van der Waals surface area contributed by atoms with Crippen LogP contribution in [0.4, 0.5) is 5.82 Å². The van der Waals surface area contributed by atoms with Crippen molar-refractivity contribution in [1.82, 2.24) is 19.9 Å². The molecule has 0 spiro atoms. The molecule has 2 aromatic rings. The second-order valence-corrected chi connectivity index (χ2v) is 6.21. The van der Waals surface area contributed by atoms with Crippen molar-refractivity contribution in [1.29, 1.82) is 0 Å². The quantitative estimate of drug-likeness (QED) is 0.756. The van der Waals surface area contributed by atoms with E-state index in [4.69, 9.17) is 11.6 Å². The van der Waals surface area contributed by atoms with E-state index >= 15 is 0 Å². The Hall–Kier alpha value is -1.40. The van der Waals surface area contributed by atoms with E-state index in [-0.39, 0.29) is 5.28 Å². The van der Waals surface area contributed by atoms with Crippen molar-refractivity contribution >= 4 is 28.6 Å². The lowest BCUT2D eigenvalue weighted by molar-refractivity contribution is 0.00225. The Morgan fingerprint density at radius 1 is 1.43 bits per heavy atom. The normalized spacial score (nSPS) is 26.1. The first-order valence-corrected chi connectivity index (χ1v) is 7.80. The van der Waals surface area contributed by atoms with Crippen LogP contribution >= 0.6 is 11.6 Å². The highest BCUT2D eigenvalue weighted by molar-refractivity contribution is 6.28. The standard InChI is InChI=1S/C14H20ClN5O/c1-2-9-3-5-14(21,6-4-9)7-16-11-10-12(18-8-17-10)20-13(15)19-11/h8-9,21H,2-7H2,1H3,(H2,16,17,18,19,20). The summed E-state index contributed by atoms with van der Waals surface area (Å²) in [5.41, 5.74) is 0.569. The number of rotatable bonds is 4. The molecule has 7 heteroatoms. The summed E-state index contributed by atoms with van der Waals surface area (Å²) in [4.78, 5) is 15.3. The molecule has 114 valence electrons. The number of fused-ring (bicyclic) bond motifs is 1. The predicted octanol–water partition coefficient (Wildman–Crippen LogP) is 2.75. The molecule has 0 radical (unpaired) electrons. The van der Waals surface area contributed by atoms with E-state index in [1.165, 1.54) is 6.42 Å². The van der Waals surface area contributed by atoms with E-state index in [1.807, 2.05) is 0 Å². The van der Waals surface area contributed by atoms with Crippen LogP contribution in [0.3, 0.4) is 0 Å². The number of aromatic amines is 1. The molecule has 0 saturated heterocycles. The molecule has 0 atom stereocenters. The molecule has 2 heterocycles. The second kappa shape index (κ2) is 5.77. The van der Waals surface area contributed by atoms with Crippen LogP contribution < -0.4 is 5.32 Å². The third-order valence-electron chi connectivity index (χ3n) is 4.46. The average Bonchev–Trinajstić information content (AvgIpc) is 2.94. The van der Waals surface area contributed by atoms with Gasteiger partial charge in [0.05, 0.1) is 11.9 Å². The molecule has 6 nitrogen and oxygen atoms in total. The van der Waals surface area contributed by atoms with Crippen molar-refractivity contribution in [2.45, 2.75) is 44.6 Å². The highest BCUT2D eigenvalue weighted by Gasteiger charge is 2.32. The average molecular weight is 310 g/mol. The Labute approximate surface area is 128 Å². The molecule has 0 aliphatic heterocycles. The number of hydrogen-bond acceptors (Lipinski definition) is 5. The number of imidazole rings is 1. The van der Waals surface area contributed by atoms with E-state index in [9.17, 15) is 5.11 Å². The zero-order chi connectivity index (χ0) is 14.9. The topological polar surface area (TPSA) is 86.7 Å². The Morgan fingerprint density at radius 2 is 2.19 bits per heavy atom. The molecule has 1 aliphatic carbocycles. The molecular weight excluding hydrogens is 290 g/mol. The first-order valence-electron chi connectivity index (χ1n) is 7.42. The van der Waals surface area contributed by atoms with Crippen molar-refractivity contribution in [3.63, 3.8) is 0 Å². The number of aromatic nitrogens is 4. The molecule has 1 aliphatic rings. The SMILES string of the molecule is CCC1CCC(O)(CNc2nc(Cl)nc3nc[nH]c23)CC1. The van der Waals surface area contributed by atoms with Gasteiger partial charge in [-0.15, -0.1) is 0 Å². The van der Waals surface area contributed by atoms with E-state index in [0.717, 1.165) is 31.6 Å². The van der Waals surface area contributed by atoms with Crippen LogP contribution in [0.2, 0.25) is 5.28 Å². The van der Waals surface area contributed by atoms with Crippen LogP contribution in [0.15, 0.2) is 6.33 Å². The molecule has 2 aromatic heterocycles. The van der Waals surface area contributed by atoms with Gasteiger partial charge in [0.2, 0.25) is 5.28 Å². The summed E-state index contributed by atoms with van der Waals surface area (Å²) in [5, 5.41) is 14.0. The fourth-order valence-corrected chi connectivity index (χ4v) is 3.15. The van der Waals surface area contributed by atoms with Gasteiger partial charge in [-0.05, 0) is 43.2 Å². The van der Waals surface area contributed by atoms with Crippen molar-refractivity contribution < 1.29 is 5.11 Å². The number of anilines is 1. The third kappa shape index (κ3) is 3.11. The Morgan fingerprint density at radius 3 is 2.90 bits per heavy atom. The van der Waals surface area contributed by atoms with Gasteiger partial charge in [-0.25, -0.2) is 4.98 Å². The zero-order valence-corrected chi connectivity index (χ0v) is 12.8. The minimum absolute atomic E-state index is 0.152. The maximum absolute atomic E-state index is 10.7. The van der Waals surface area contributed by atoms with Gasteiger partial charge in [-0.3, -0.25) is 0 Å². The number of hydrogen-bond donors (Lipinski definition) is 3. The number of nitrogens with one attached hydrogen (secondary N) is 2. The van der Waals surface area contributed by atoms with Crippen LogP contribution in [-0.4, -0.2) is 37.2 Å². The molecule has 1 saturated carbocycles. The maximum atomic E-state index is 10.7. The van der Waals surface area contributed by atoms with E-state index in [2.05, 4.69) is 32.2 Å². The van der Waals surface area contributed by atoms with E-state index in [0.29, 0.717) is 23.5 Å². The molecular formula is C14H20ClN5O. The Balaban J connectivity index is 1.70. The van der Waals surface area contributed by atoms with Crippen molar-refractivity contribution in [3.05, 3.63) is 11.6 Å². The number of H-pyrrole nitrogens is 1. The van der Waals surface area contributed by atoms with Gasteiger partial charge < -0.3 is 15.4 Å². The highest BCUT2D eigenvalue weighted by Crippen LogP contribution is 2.34. The minimum Gasteiger partial charge on any atom is -0.388 e. The largest absolute Gasteiger partial charge is 0.388 e. The monoisotopic (exact) mass is 309 g/mol. The third-order valence-corrected chi connectivity index (χ3v) is 4.63. The van der Waals surface area contributed by atoms with Crippen molar-refractivity contribution in [3.8, 4) is 0 Å². The first-order chi connectivity index (χ1) is 10.1. The summed E-state index contributed by atoms with van der Waals surface area (Å²) in [6, 6.07) is 0. The second-order valence-electron chi connectivity index (χ2n) is 5.87. The predicted molar refractivity (Wildman–Crippen MR) is 82.4 cm³/mol.